The van der Waals surface area contributed by atoms with Crippen LogP contribution in [0.3, 0.4) is 0 Å². The third-order valence-electron chi connectivity index (χ3n) is 6.23. The van der Waals surface area contributed by atoms with Gasteiger partial charge in [0, 0.05) is 54.5 Å². The molecule has 5 nitrogen and oxygen atoms in total. The molecule has 1 fully saturated rings. The highest BCUT2D eigenvalue weighted by Crippen LogP contribution is 2.38. The largest absolute Gasteiger partial charge is 0.497 e. The number of fused-ring (bicyclic) bond motifs is 1. The zero-order valence-electron chi connectivity index (χ0n) is 18.5. The van der Waals surface area contributed by atoms with Crippen molar-refractivity contribution in [1.82, 2.24) is 9.80 Å². The predicted molar refractivity (Wildman–Crippen MR) is 137 cm³/mol. The summed E-state index contributed by atoms with van der Waals surface area (Å²) in [4.78, 5) is 12.2. The molecule has 0 saturated carbocycles. The van der Waals surface area contributed by atoms with Crippen molar-refractivity contribution in [3.8, 4) is 5.75 Å². The molecule has 0 atom stereocenters. The predicted octanol–water partition coefficient (Wildman–Crippen LogP) is 6.00. The smallest absolute Gasteiger partial charge is 0.125 e. The lowest BCUT2D eigenvalue weighted by molar-refractivity contribution is 0.174. The monoisotopic (exact) mass is 480 g/mol. The first-order valence-electron chi connectivity index (χ1n) is 11.1. The van der Waals surface area contributed by atoms with Gasteiger partial charge in [0.25, 0.3) is 0 Å². The van der Waals surface area contributed by atoms with Crippen molar-refractivity contribution < 1.29 is 4.74 Å². The standard InChI is InChI=1S/C26H26Cl2N4O/c1-33-22-6-4-5-21(16-22)32-18-26(29-24-7-2-3-8-25(24)32)31-13-11-30(12-14-31)17-19-15-20(27)9-10-23(19)28/h2-10,15-16H,11-14,17-18H2,1H3. The summed E-state index contributed by atoms with van der Waals surface area (Å²) in [6, 6.07) is 22.2. The number of benzene rings is 3. The van der Waals surface area contributed by atoms with Crippen molar-refractivity contribution >= 4 is 46.1 Å². The highest BCUT2D eigenvalue weighted by atomic mass is 35.5. The van der Waals surface area contributed by atoms with Crippen LogP contribution in [0.4, 0.5) is 17.1 Å². The van der Waals surface area contributed by atoms with Crippen molar-refractivity contribution in [2.24, 2.45) is 4.99 Å². The third-order valence-corrected chi connectivity index (χ3v) is 6.83. The summed E-state index contributed by atoms with van der Waals surface area (Å²) in [6.45, 7) is 5.27. The highest BCUT2D eigenvalue weighted by Gasteiger charge is 2.27. The highest BCUT2D eigenvalue weighted by molar-refractivity contribution is 6.33. The Hall–Kier alpha value is -2.73. The number of amidine groups is 1. The lowest BCUT2D eigenvalue weighted by Crippen LogP contribution is -2.51. The maximum Gasteiger partial charge on any atom is 0.125 e. The van der Waals surface area contributed by atoms with Crippen LogP contribution in [0.2, 0.25) is 10.0 Å². The Labute approximate surface area is 204 Å². The molecule has 0 spiro atoms. The van der Waals surface area contributed by atoms with Crippen molar-refractivity contribution in [2.75, 3.05) is 44.7 Å². The second-order valence-electron chi connectivity index (χ2n) is 8.30. The second kappa shape index (κ2) is 9.64. The normalized spacial score (nSPS) is 16.4. The van der Waals surface area contributed by atoms with E-state index >= 15 is 0 Å². The number of hydrogen-bond donors (Lipinski definition) is 0. The molecule has 33 heavy (non-hydrogen) atoms. The summed E-state index contributed by atoms with van der Waals surface area (Å²) >= 11 is 12.6. The van der Waals surface area contributed by atoms with Gasteiger partial charge in [0.2, 0.25) is 0 Å². The van der Waals surface area contributed by atoms with Crippen molar-refractivity contribution in [3.63, 3.8) is 0 Å². The van der Waals surface area contributed by atoms with Crippen LogP contribution in [-0.4, -0.2) is 55.5 Å². The molecular weight excluding hydrogens is 455 g/mol. The number of aliphatic imine (C=N–C) groups is 1. The molecule has 0 aromatic heterocycles. The fourth-order valence-electron chi connectivity index (χ4n) is 4.44. The van der Waals surface area contributed by atoms with E-state index in [1.54, 1.807) is 7.11 Å². The molecule has 2 heterocycles. The molecule has 3 aromatic rings. The van der Waals surface area contributed by atoms with E-state index in [-0.39, 0.29) is 0 Å². The van der Waals surface area contributed by atoms with E-state index < -0.39 is 0 Å². The zero-order chi connectivity index (χ0) is 22.8. The van der Waals surface area contributed by atoms with Gasteiger partial charge in [0.05, 0.1) is 25.0 Å². The lowest BCUT2D eigenvalue weighted by atomic mass is 10.1. The molecule has 170 valence electrons. The summed E-state index contributed by atoms with van der Waals surface area (Å²) in [7, 11) is 1.70. The Kier molecular flexibility index (Phi) is 6.45. The fraction of sp³-hybridized carbons (Fsp3) is 0.269. The number of para-hydroxylation sites is 2. The van der Waals surface area contributed by atoms with Crippen LogP contribution in [0, 0.1) is 0 Å². The van der Waals surface area contributed by atoms with E-state index in [4.69, 9.17) is 32.9 Å². The van der Waals surface area contributed by atoms with Gasteiger partial charge in [-0.3, -0.25) is 4.90 Å². The SMILES string of the molecule is COc1cccc(N2CC(N3CCN(Cc4cc(Cl)ccc4Cl)CC3)=Nc3ccccc32)c1. The Morgan fingerprint density at radius 1 is 0.909 bits per heavy atom. The number of piperazine rings is 1. The van der Waals surface area contributed by atoms with Gasteiger partial charge in [-0.25, -0.2) is 4.99 Å². The Bertz CT molecular complexity index is 1170. The van der Waals surface area contributed by atoms with Crippen LogP contribution in [0.25, 0.3) is 0 Å². The number of methoxy groups -OCH3 is 1. The average Bonchev–Trinajstić information content (AvgIpc) is 2.86. The van der Waals surface area contributed by atoms with Crippen molar-refractivity contribution in [2.45, 2.75) is 6.54 Å². The molecule has 2 aliphatic heterocycles. The number of halogens is 2. The summed E-state index contributed by atoms with van der Waals surface area (Å²) in [5, 5.41) is 1.49. The van der Waals surface area contributed by atoms with Gasteiger partial charge in [0.1, 0.15) is 11.6 Å². The van der Waals surface area contributed by atoms with Crippen molar-refractivity contribution in [1.29, 1.82) is 0 Å². The quantitative estimate of drug-likeness (QED) is 0.458. The number of hydrogen-bond acceptors (Lipinski definition) is 5. The maximum absolute atomic E-state index is 6.38. The van der Waals surface area contributed by atoms with Crippen LogP contribution in [-0.2, 0) is 6.54 Å². The first kappa shape index (κ1) is 22.1. The molecule has 1 saturated heterocycles. The van der Waals surface area contributed by atoms with Gasteiger partial charge in [-0.2, -0.15) is 0 Å². The van der Waals surface area contributed by atoms with Crippen LogP contribution < -0.4 is 9.64 Å². The topological polar surface area (TPSA) is 31.3 Å². The Balaban J connectivity index is 1.32. The Morgan fingerprint density at radius 3 is 2.55 bits per heavy atom. The van der Waals surface area contributed by atoms with Gasteiger partial charge < -0.3 is 14.5 Å². The molecule has 5 rings (SSSR count). The van der Waals surface area contributed by atoms with Gasteiger partial charge >= 0.3 is 0 Å². The minimum Gasteiger partial charge on any atom is -0.497 e. The van der Waals surface area contributed by atoms with E-state index in [9.17, 15) is 0 Å². The molecule has 0 amide bonds. The molecular formula is C26H26Cl2N4O. The molecule has 7 heteroatoms. The number of nitrogens with zero attached hydrogens (tertiary/aromatic N) is 4. The van der Waals surface area contributed by atoms with E-state index in [0.29, 0.717) is 0 Å². The molecule has 0 aliphatic carbocycles. The van der Waals surface area contributed by atoms with Crippen molar-refractivity contribution in [3.05, 3.63) is 82.3 Å². The van der Waals surface area contributed by atoms with Crippen LogP contribution in [0.15, 0.2) is 71.7 Å². The molecule has 3 aromatic carbocycles. The second-order valence-corrected chi connectivity index (χ2v) is 9.15. The molecule has 0 N–H and O–H groups in total. The fourth-order valence-corrected chi connectivity index (χ4v) is 4.81. The molecule has 0 bridgehead atoms. The average molecular weight is 481 g/mol. The minimum absolute atomic E-state index is 0.723. The van der Waals surface area contributed by atoms with E-state index in [1.165, 1.54) is 0 Å². The number of anilines is 2. The maximum atomic E-state index is 6.38. The molecule has 0 radical (unpaired) electrons. The zero-order valence-corrected chi connectivity index (χ0v) is 20.1. The van der Waals surface area contributed by atoms with E-state index in [2.05, 4.69) is 45.0 Å². The van der Waals surface area contributed by atoms with Crippen LogP contribution in [0.1, 0.15) is 5.56 Å². The summed E-state index contributed by atoms with van der Waals surface area (Å²) in [5.41, 5.74) is 4.28. The summed E-state index contributed by atoms with van der Waals surface area (Å²) in [6.07, 6.45) is 0. The van der Waals surface area contributed by atoms with E-state index in [0.717, 1.165) is 83.5 Å². The number of rotatable bonds is 4. The van der Waals surface area contributed by atoms with Crippen LogP contribution >= 0.6 is 23.2 Å². The third kappa shape index (κ3) is 4.81. The molecule has 2 aliphatic rings. The first-order chi connectivity index (χ1) is 16.1. The van der Waals surface area contributed by atoms with Crippen LogP contribution in [0.5, 0.6) is 5.75 Å². The van der Waals surface area contributed by atoms with Gasteiger partial charge in [-0.05, 0) is 48.0 Å². The van der Waals surface area contributed by atoms with E-state index in [1.807, 2.05) is 36.4 Å². The summed E-state index contributed by atoms with van der Waals surface area (Å²) < 4.78 is 5.46. The van der Waals surface area contributed by atoms with Gasteiger partial charge in [0.15, 0.2) is 0 Å². The Morgan fingerprint density at radius 2 is 1.73 bits per heavy atom. The lowest BCUT2D eigenvalue weighted by Gasteiger charge is -2.40. The van der Waals surface area contributed by atoms with Gasteiger partial charge in [-0.1, -0.05) is 41.4 Å². The summed E-state index contributed by atoms with van der Waals surface area (Å²) in [5.74, 6) is 1.94. The molecule has 0 unspecified atom stereocenters. The first-order valence-corrected chi connectivity index (χ1v) is 11.9. The number of ether oxygens (including phenoxy) is 1. The van der Waals surface area contributed by atoms with Gasteiger partial charge in [-0.15, -0.1) is 0 Å². The minimum atomic E-state index is 0.723.